The summed E-state index contributed by atoms with van der Waals surface area (Å²) in [5, 5.41) is 16.6. The molecule has 0 aliphatic carbocycles. The number of diazo groups is 1. The number of rotatable bonds is 0. The Morgan fingerprint density at radius 2 is 1.80 bits per heavy atom. The van der Waals surface area contributed by atoms with Crippen molar-refractivity contribution < 1.29 is 0 Å². The van der Waals surface area contributed by atoms with Crippen molar-refractivity contribution in [2.75, 3.05) is 0 Å². The fourth-order valence-electron chi connectivity index (χ4n) is 0.603. The fourth-order valence-corrected chi connectivity index (χ4v) is 0.603. The molecular formula is C7H4N3+. The van der Waals surface area contributed by atoms with Crippen LogP contribution in [0.5, 0.6) is 0 Å². The lowest BCUT2D eigenvalue weighted by molar-refractivity contribution is 1.45. The number of nitriles is 1. The molecule has 0 aromatic heterocycles. The van der Waals surface area contributed by atoms with E-state index in [4.69, 9.17) is 10.7 Å². The summed E-state index contributed by atoms with van der Waals surface area (Å²) in [4.78, 5) is 2.94. The van der Waals surface area contributed by atoms with E-state index in [9.17, 15) is 0 Å². The molecule has 0 bridgehead atoms. The highest BCUT2D eigenvalue weighted by atomic mass is 14.8. The summed E-state index contributed by atoms with van der Waals surface area (Å²) in [5.41, 5.74) is 1.02. The molecule has 1 aromatic rings. The van der Waals surface area contributed by atoms with E-state index >= 15 is 0 Å². The van der Waals surface area contributed by atoms with E-state index in [1.54, 1.807) is 24.3 Å². The number of hydrogen-bond donors (Lipinski definition) is 0. The van der Waals surface area contributed by atoms with Crippen molar-refractivity contribution >= 4 is 5.69 Å². The Labute approximate surface area is 58.1 Å². The number of hydrogen-bond acceptors (Lipinski definition) is 2. The molecule has 0 unspecified atom stereocenters. The molecular weight excluding hydrogens is 126 g/mol. The van der Waals surface area contributed by atoms with Crippen LogP contribution in [0.3, 0.4) is 0 Å². The molecule has 0 atom stereocenters. The van der Waals surface area contributed by atoms with E-state index in [0.717, 1.165) is 0 Å². The van der Waals surface area contributed by atoms with Crippen LogP contribution >= 0.6 is 0 Å². The average molecular weight is 130 g/mol. The molecule has 0 radical (unpaired) electrons. The van der Waals surface area contributed by atoms with E-state index < -0.39 is 0 Å². The van der Waals surface area contributed by atoms with Gasteiger partial charge < -0.3 is 0 Å². The van der Waals surface area contributed by atoms with Crippen LogP contribution in [0.4, 0.5) is 5.69 Å². The minimum atomic E-state index is 0.457. The minimum absolute atomic E-state index is 0.457. The van der Waals surface area contributed by atoms with Gasteiger partial charge in [0.2, 0.25) is 5.39 Å². The van der Waals surface area contributed by atoms with Gasteiger partial charge in [0, 0.05) is 12.1 Å². The highest BCUT2D eigenvalue weighted by Gasteiger charge is 2.00. The summed E-state index contributed by atoms with van der Waals surface area (Å²) in [6.45, 7) is 0. The predicted octanol–water partition coefficient (Wildman–Crippen LogP) is 2.04. The maximum Gasteiger partial charge on any atom is 0.385 e. The monoisotopic (exact) mass is 130 g/mol. The van der Waals surface area contributed by atoms with Crippen LogP contribution in [0.2, 0.25) is 0 Å². The molecule has 0 N–H and O–H groups in total. The maximum atomic E-state index is 8.36. The smallest absolute Gasteiger partial charge is 0.192 e. The summed E-state index contributed by atoms with van der Waals surface area (Å²) < 4.78 is 0. The average Bonchev–Trinajstić information content (AvgIpc) is 2.05. The maximum absolute atomic E-state index is 8.36. The van der Waals surface area contributed by atoms with E-state index in [2.05, 4.69) is 4.98 Å². The van der Waals surface area contributed by atoms with Crippen LogP contribution in [0, 0.1) is 16.7 Å². The van der Waals surface area contributed by atoms with Crippen molar-refractivity contribution in [1.82, 2.24) is 0 Å². The van der Waals surface area contributed by atoms with Crippen LogP contribution < -0.4 is 0 Å². The summed E-state index contributed by atoms with van der Waals surface area (Å²) >= 11 is 0. The summed E-state index contributed by atoms with van der Waals surface area (Å²) in [6.07, 6.45) is 0. The van der Waals surface area contributed by atoms with Gasteiger partial charge >= 0.3 is 5.69 Å². The normalized spacial score (nSPS) is 7.80. The molecule has 0 saturated carbocycles. The van der Waals surface area contributed by atoms with Crippen LogP contribution in [0.15, 0.2) is 24.3 Å². The van der Waals surface area contributed by atoms with Gasteiger partial charge in [-0.15, -0.1) is 0 Å². The number of benzene rings is 1. The van der Waals surface area contributed by atoms with E-state index in [0.29, 0.717) is 11.3 Å². The van der Waals surface area contributed by atoms with Crippen molar-refractivity contribution in [1.29, 1.82) is 10.7 Å². The molecule has 0 saturated heterocycles. The van der Waals surface area contributed by atoms with Gasteiger partial charge in [-0.3, -0.25) is 0 Å². The predicted molar refractivity (Wildman–Crippen MR) is 35.9 cm³/mol. The Morgan fingerprint density at radius 1 is 1.20 bits per heavy atom. The molecule has 0 amide bonds. The van der Waals surface area contributed by atoms with E-state index in [1.165, 1.54) is 0 Å². The Hall–Kier alpha value is -1.87. The first kappa shape index (κ1) is 6.25. The first-order valence-corrected chi connectivity index (χ1v) is 2.72. The molecule has 46 valence electrons. The van der Waals surface area contributed by atoms with Gasteiger partial charge in [-0.05, 0) is 12.1 Å². The minimum Gasteiger partial charge on any atom is -0.192 e. The van der Waals surface area contributed by atoms with E-state index in [1.807, 2.05) is 6.07 Å². The Balaban J connectivity index is 3.08. The van der Waals surface area contributed by atoms with Gasteiger partial charge in [-0.1, -0.05) is 0 Å². The molecule has 0 aliphatic heterocycles. The van der Waals surface area contributed by atoms with Gasteiger partial charge in [-0.2, -0.15) is 5.26 Å². The van der Waals surface area contributed by atoms with Crippen molar-refractivity contribution in [3.63, 3.8) is 0 Å². The summed E-state index contributed by atoms with van der Waals surface area (Å²) in [6, 6.07) is 8.28. The lowest BCUT2D eigenvalue weighted by Crippen LogP contribution is -1.68. The zero-order valence-electron chi connectivity index (χ0n) is 5.15. The molecule has 0 heterocycles. The first-order valence-electron chi connectivity index (χ1n) is 2.72. The highest BCUT2D eigenvalue weighted by Crippen LogP contribution is 2.11. The lowest BCUT2D eigenvalue weighted by atomic mass is 10.2. The van der Waals surface area contributed by atoms with Crippen LogP contribution in [0.25, 0.3) is 4.98 Å². The van der Waals surface area contributed by atoms with E-state index in [-0.39, 0.29) is 0 Å². The SMILES string of the molecule is N#Cc1ccc([N+]#N)cc1. The third-order valence-corrected chi connectivity index (χ3v) is 1.11. The van der Waals surface area contributed by atoms with Gasteiger partial charge in [0.25, 0.3) is 0 Å². The molecule has 3 nitrogen and oxygen atoms in total. The van der Waals surface area contributed by atoms with Crippen molar-refractivity contribution in [2.24, 2.45) is 0 Å². The second-order valence-corrected chi connectivity index (χ2v) is 1.76. The van der Waals surface area contributed by atoms with Crippen molar-refractivity contribution in [3.05, 3.63) is 34.8 Å². The van der Waals surface area contributed by atoms with Crippen molar-refractivity contribution in [2.45, 2.75) is 0 Å². The van der Waals surface area contributed by atoms with Gasteiger partial charge in [0.05, 0.1) is 11.6 Å². The van der Waals surface area contributed by atoms with Crippen LogP contribution in [-0.4, -0.2) is 0 Å². The molecule has 0 spiro atoms. The Bertz CT molecular complexity index is 266. The third-order valence-electron chi connectivity index (χ3n) is 1.11. The van der Waals surface area contributed by atoms with Gasteiger partial charge in [0.1, 0.15) is 0 Å². The zero-order valence-corrected chi connectivity index (χ0v) is 5.15. The second-order valence-electron chi connectivity index (χ2n) is 1.76. The summed E-state index contributed by atoms with van der Waals surface area (Å²) in [5.74, 6) is 0. The molecule has 0 fully saturated rings. The second kappa shape index (κ2) is 2.61. The molecule has 0 aliphatic rings. The van der Waals surface area contributed by atoms with Crippen LogP contribution in [-0.2, 0) is 0 Å². The zero-order chi connectivity index (χ0) is 7.40. The highest BCUT2D eigenvalue weighted by molar-refractivity contribution is 5.47. The lowest BCUT2D eigenvalue weighted by Gasteiger charge is -1.78. The third kappa shape index (κ3) is 1.10. The summed E-state index contributed by atoms with van der Waals surface area (Å²) in [7, 11) is 0. The standard InChI is InChI=1S/C7H4N3/c8-5-6-1-3-7(10-9)4-2-6/h1-4H/q+1. The quantitative estimate of drug-likeness (QED) is 0.504. The van der Waals surface area contributed by atoms with Gasteiger partial charge in [0.15, 0.2) is 4.98 Å². The Morgan fingerprint density at radius 3 is 2.20 bits per heavy atom. The molecule has 10 heavy (non-hydrogen) atoms. The molecule has 1 rings (SSSR count). The number of nitrogens with zero attached hydrogens (tertiary/aromatic N) is 3. The Kier molecular flexibility index (Phi) is 1.63. The molecule has 3 heteroatoms. The largest absolute Gasteiger partial charge is 0.385 e. The van der Waals surface area contributed by atoms with Gasteiger partial charge in [-0.25, -0.2) is 0 Å². The first-order chi connectivity index (χ1) is 4.86. The topological polar surface area (TPSA) is 51.9 Å². The van der Waals surface area contributed by atoms with Crippen molar-refractivity contribution in [3.8, 4) is 6.07 Å². The fraction of sp³-hybridized carbons (Fsp3) is 0. The molecule has 1 aromatic carbocycles. The van der Waals surface area contributed by atoms with Crippen LogP contribution in [0.1, 0.15) is 5.56 Å².